The van der Waals surface area contributed by atoms with E-state index in [-0.39, 0.29) is 11.6 Å². The van der Waals surface area contributed by atoms with Crippen molar-refractivity contribution < 1.29 is 9.59 Å². The first-order valence-electron chi connectivity index (χ1n) is 4.52. The van der Waals surface area contributed by atoms with Crippen LogP contribution in [0.25, 0.3) is 5.57 Å². The Kier molecular flexibility index (Phi) is 3.21. The Hall–Kier alpha value is -1.00. The molecule has 0 atom stereocenters. The third-order valence-corrected chi connectivity index (χ3v) is 3.58. The molecular formula is C12H6Br2O2. The first-order valence-corrected chi connectivity index (χ1v) is 6.11. The molecule has 0 bridgehead atoms. The van der Waals surface area contributed by atoms with Gasteiger partial charge < -0.3 is 0 Å². The van der Waals surface area contributed by atoms with E-state index >= 15 is 0 Å². The molecule has 2 rings (SSSR count). The highest BCUT2D eigenvalue weighted by molar-refractivity contribution is 9.12. The third kappa shape index (κ3) is 1.95. The smallest absolute Gasteiger partial charge is 0.201 e. The van der Waals surface area contributed by atoms with Crippen molar-refractivity contribution in [1.29, 1.82) is 0 Å². The monoisotopic (exact) mass is 340 g/mol. The van der Waals surface area contributed by atoms with E-state index in [0.717, 1.165) is 5.56 Å². The van der Waals surface area contributed by atoms with Gasteiger partial charge >= 0.3 is 0 Å². The average molecular weight is 342 g/mol. The van der Waals surface area contributed by atoms with Gasteiger partial charge in [0.1, 0.15) is 0 Å². The quantitative estimate of drug-likeness (QED) is 0.735. The van der Waals surface area contributed by atoms with Gasteiger partial charge in [-0.1, -0.05) is 30.3 Å². The van der Waals surface area contributed by atoms with Gasteiger partial charge in [0.15, 0.2) is 5.78 Å². The van der Waals surface area contributed by atoms with Crippen LogP contribution in [0.2, 0.25) is 0 Å². The summed E-state index contributed by atoms with van der Waals surface area (Å²) >= 11 is 6.26. The van der Waals surface area contributed by atoms with Gasteiger partial charge in [-0.05, 0) is 37.4 Å². The van der Waals surface area contributed by atoms with Crippen molar-refractivity contribution in [3.63, 3.8) is 0 Å². The van der Waals surface area contributed by atoms with Crippen LogP contribution in [-0.4, -0.2) is 11.6 Å². The summed E-state index contributed by atoms with van der Waals surface area (Å²) in [4.78, 5) is 23.5. The maximum atomic E-state index is 11.9. The zero-order valence-corrected chi connectivity index (χ0v) is 11.2. The maximum Gasteiger partial charge on any atom is 0.201 e. The van der Waals surface area contributed by atoms with Gasteiger partial charge in [-0.3, -0.25) is 9.59 Å². The minimum Gasteiger partial charge on any atom is -0.289 e. The number of allylic oxidation sites excluding steroid dienone is 4. The Bertz CT molecular complexity index is 527. The van der Waals surface area contributed by atoms with Gasteiger partial charge in [0, 0.05) is 11.6 Å². The Morgan fingerprint density at radius 2 is 1.56 bits per heavy atom. The number of ketones is 2. The van der Waals surface area contributed by atoms with Crippen molar-refractivity contribution in [3.8, 4) is 0 Å². The van der Waals surface area contributed by atoms with Crippen LogP contribution in [0.4, 0.5) is 0 Å². The van der Waals surface area contributed by atoms with Crippen LogP contribution in [0.1, 0.15) is 5.56 Å². The number of carbonyl (C=O) groups excluding carboxylic acids is 2. The average Bonchev–Trinajstić information content (AvgIpc) is 2.28. The number of rotatable bonds is 1. The molecule has 0 amide bonds. The van der Waals surface area contributed by atoms with E-state index in [1.165, 1.54) is 6.08 Å². The van der Waals surface area contributed by atoms with Crippen molar-refractivity contribution in [1.82, 2.24) is 0 Å². The fourth-order valence-corrected chi connectivity index (χ4v) is 2.38. The van der Waals surface area contributed by atoms with Crippen LogP contribution < -0.4 is 0 Å². The van der Waals surface area contributed by atoms with Gasteiger partial charge in [-0.15, -0.1) is 0 Å². The highest BCUT2D eigenvalue weighted by Gasteiger charge is 2.26. The number of hydrogen-bond acceptors (Lipinski definition) is 2. The van der Waals surface area contributed by atoms with Crippen molar-refractivity contribution in [2.45, 2.75) is 0 Å². The van der Waals surface area contributed by atoms with Crippen LogP contribution in [0.15, 0.2) is 45.4 Å². The molecule has 0 spiro atoms. The zero-order chi connectivity index (χ0) is 11.7. The number of Topliss-reactive ketones (excluding diaryl/α,β-unsaturated/α-hetero) is 1. The predicted octanol–water partition coefficient (Wildman–Crippen LogP) is 3.22. The standard InChI is InChI=1S/C12H6Br2O2/c13-8-6-9(15)11(14)10(12(8)16)7-4-2-1-3-5-7/h1-6H. The SMILES string of the molecule is O=C1C=C(Br)C(=O)C(c2ccccc2)=C1Br. The van der Waals surface area contributed by atoms with Gasteiger partial charge in [0.05, 0.1) is 8.96 Å². The molecule has 0 aromatic heterocycles. The highest BCUT2D eigenvalue weighted by atomic mass is 79.9. The van der Waals surface area contributed by atoms with E-state index < -0.39 is 0 Å². The fourth-order valence-electron chi connectivity index (χ4n) is 1.45. The molecule has 1 aliphatic carbocycles. The number of hydrogen-bond donors (Lipinski definition) is 0. The second-order valence-corrected chi connectivity index (χ2v) is 4.89. The lowest BCUT2D eigenvalue weighted by Crippen LogP contribution is -2.13. The van der Waals surface area contributed by atoms with Crippen molar-refractivity contribution >= 4 is 49.0 Å². The summed E-state index contributed by atoms with van der Waals surface area (Å²) in [5.74, 6) is -0.386. The topological polar surface area (TPSA) is 34.1 Å². The normalized spacial score (nSPS) is 16.5. The molecule has 0 fully saturated rings. The van der Waals surface area contributed by atoms with Crippen molar-refractivity contribution in [2.24, 2.45) is 0 Å². The molecule has 0 heterocycles. The summed E-state index contributed by atoms with van der Waals surface area (Å²) in [7, 11) is 0. The van der Waals surface area contributed by atoms with Gasteiger partial charge in [0.25, 0.3) is 0 Å². The lowest BCUT2D eigenvalue weighted by atomic mass is 9.96. The first-order chi connectivity index (χ1) is 7.61. The van der Waals surface area contributed by atoms with E-state index in [1.807, 2.05) is 18.2 Å². The Balaban J connectivity index is 2.59. The van der Waals surface area contributed by atoms with E-state index in [1.54, 1.807) is 12.1 Å². The summed E-state index contributed by atoms with van der Waals surface area (Å²) in [5, 5.41) is 0. The highest BCUT2D eigenvalue weighted by Crippen LogP contribution is 2.32. The second kappa shape index (κ2) is 4.47. The zero-order valence-electron chi connectivity index (χ0n) is 8.04. The summed E-state index contributed by atoms with van der Waals surface area (Å²) in [5.41, 5.74) is 1.14. The molecule has 1 aromatic carbocycles. The molecule has 1 aromatic rings. The van der Waals surface area contributed by atoms with E-state index in [0.29, 0.717) is 14.5 Å². The fraction of sp³-hybridized carbons (Fsp3) is 0. The molecule has 0 N–H and O–H groups in total. The Labute approximate surface area is 109 Å². The minimum atomic E-state index is -0.203. The van der Waals surface area contributed by atoms with Crippen LogP contribution in [-0.2, 0) is 9.59 Å². The van der Waals surface area contributed by atoms with Crippen LogP contribution >= 0.6 is 31.9 Å². The molecular weight excluding hydrogens is 336 g/mol. The lowest BCUT2D eigenvalue weighted by Gasteiger charge is -2.12. The van der Waals surface area contributed by atoms with Crippen molar-refractivity contribution in [3.05, 3.63) is 50.9 Å². The number of benzene rings is 1. The molecule has 0 saturated carbocycles. The van der Waals surface area contributed by atoms with E-state index in [9.17, 15) is 9.59 Å². The maximum absolute atomic E-state index is 11.9. The summed E-state index contributed by atoms with van der Waals surface area (Å²) in [6, 6.07) is 9.11. The molecule has 0 saturated heterocycles. The summed E-state index contributed by atoms with van der Waals surface area (Å²) in [6.45, 7) is 0. The summed E-state index contributed by atoms with van der Waals surface area (Å²) < 4.78 is 0.603. The third-order valence-electron chi connectivity index (χ3n) is 2.20. The summed E-state index contributed by atoms with van der Waals surface area (Å²) in [6.07, 6.45) is 1.28. The predicted molar refractivity (Wildman–Crippen MR) is 69.3 cm³/mol. The van der Waals surface area contributed by atoms with Gasteiger partial charge in [-0.2, -0.15) is 0 Å². The molecule has 0 aliphatic heterocycles. The van der Waals surface area contributed by atoms with E-state index in [2.05, 4.69) is 31.9 Å². The molecule has 16 heavy (non-hydrogen) atoms. The molecule has 0 unspecified atom stereocenters. The minimum absolute atomic E-state index is 0.183. The first kappa shape index (κ1) is 11.5. The molecule has 2 nitrogen and oxygen atoms in total. The molecule has 1 aliphatic rings. The Morgan fingerprint density at radius 3 is 2.19 bits per heavy atom. The largest absolute Gasteiger partial charge is 0.289 e. The van der Waals surface area contributed by atoms with Crippen LogP contribution in [0, 0.1) is 0 Å². The molecule has 80 valence electrons. The van der Waals surface area contributed by atoms with Crippen LogP contribution in [0.5, 0.6) is 0 Å². The number of halogens is 2. The second-order valence-electron chi connectivity index (χ2n) is 3.24. The molecule has 4 heteroatoms. The van der Waals surface area contributed by atoms with Crippen molar-refractivity contribution in [2.75, 3.05) is 0 Å². The van der Waals surface area contributed by atoms with E-state index in [4.69, 9.17) is 0 Å². The Morgan fingerprint density at radius 1 is 0.938 bits per heavy atom. The van der Waals surface area contributed by atoms with Gasteiger partial charge in [0.2, 0.25) is 5.78 Å². The lowest BCUT2D eigenvalue weighted by molar-refractivity contribution is -0.113. The van der Waals surface area contributed by atoms with Gasteiger partial charge in [-0.25, -0.2) is 0 Å². The number of carbonyl (C=O) groups is 2. The van der Waals surface area contributed by atoms with Crippen LogP contribution in [0.3, 0.4) is 0 Å². The molecule has 0 radical (unpaired) electrons.